The number of carbonyl (C=O) groups is 4. The Kier molecular flexibility index (Phi) is 16.8. The molecule has 4 atom stereocenters. The van der Waals surface area contributed by atoms with Crippen molar-refractivity contribution in [2.75, 3.05) is 19.8 Å². The second-order valence-electron chi connectivity index (χ2n) is 15.5. The number of esters is 1. The highest BCUT2D eigenvalue weighted by Gasteiger charge is 2.31. The van der Waals surface area contributed by atoms with Crippen molar-refractivity contribution in [2.45, 2.75) is 62.8 Å². The lowest BCUT2D eigenvalue weighted by Gasteiger charge is -2.24. The van der Waals surface area contributed by atoms with Crippen molar-refractivity contribution in [3.63, 3.8) is 0 Å². The van der Waals surface area contributed by atoms with Gasteiger partial charge in [-0.2, -0.15) is 0 Å². The van der Waals surface area contributed by atoms with Gasteiger partial charge in [0.15, 0.2) is 0 Å². The lowest BCUT2D eigenvalue weighted by molar-refractivity contribution is -0.147. The molecule has 0 unspecified atom stereocenters. The van der Waals surface area contributed by atoms with E-state index < -0.39 is 47.9 Å². The van der Waals surface area contributed by atoms with E-state index >= 15 is 0 Å². The second kappa shape index (κ2) is 23.3. The molecule has 6 rings (SSSR count). The minimum Gasteiger partial charge on any atom is -0.489 e. The van der Waals surface area contributed by atoms with Crippen LogP contribution in [0.2, 0.25) is 0 Å². The Morgan fingerprint density at radius 3 is 1.97 bits per heavy atom. The normalized spacial score (nSPS) is 13.5. The van der Waals surface area contributed by atoms with Crippen LogP contribution >= 0.6 is 0 Å². The van der Waals surface area contributed by atoms with Crippen molar-refractivity contribution < 1.29 is 38.5 Å². The summed E-state index contributed by atoms with van der Waals surface area (Å²) < 4.78 is 17.4. The van der Waals surface area contributed by atoms with E-state index in [-0.39, 0.29) is 45.0 Å². The molecular weight excluding hydrogens is 795 g/mol. The van der Waals surface area contributed by atoms with Gasteiger partial charge < -0.3 is 35.3 Å². The molecule has 326 valence electrons. The largest absolute Gasteiger partial charge is 0.489 e. The topological polar surface area (TPSA) is 152 Å². The monoisotopic (exact) mass is 849 g/mol. The highest BCUT2D eigenvalue weighted by molar-refractivity contribution is 5.86. The number of fused-ring (bicyclic) bond motifs is 3. The summed E-state index contributed by atoms with van der Waals surface area (Å²) in [6, 6.07) is 40.0. The first-order valence-corrected chi connectivity index (χ1v) is 21.3. The Morgan fingerprint density at radius 2 is 1.33 bits per heavy atom. The number of carbonyl (C=O) groups excluding carboxylic acids is 4. The summed E-state index contributed by atoms with van der Waals surface area (Å²) in [4.78, 5) is 54.0. The van der Waals surface area contributed by atoms with E-state index in [4.69, 9.17) is 14.2 Å². The van der Waals surface area contributed by atoms with Crippen molar-refractivity contribution >= 4 is 23.9 Å². The number of hydrogen-bond donors (Lipinski definition) is 4. The molecule has 63 heavy (non-hydrogen) atoms. The Hall–Kier alpha value is -6.98. The van der Waals surface area contributed by atoms with E-state index in [0.29, 0.717) is 30.8 Å². The highest BCUT2D eigenvalue weighted by atomic mass is 16.6. The van der Waals surface area contributed by atoms with Crippen LogP contribution in [0.15, 0.2) is 159 Å². The van der Waals surface area contributed by atoms with Crippen molar-refractivity contribution in [1.82, 2.24) is 16.0 Å². The zero-order valence-electron chi connectivity index (χ0n) is 35.3. The third-order valence-corrected chi connectivity index (χ3v) is 11.0. The van der Waals surface area contributed by atoms with Gasteiger partial charge in [0.1, 0.15) is 31.6 Å². The minimum atomic E-state index is -1.05. The molecule has 0 bridgehead atoms. The summed E-state index contributed by atoms with van der Waals surface area (Å²) in [6.45, 7) is 7.52. The number of ether oxygens (including phenoxy) is 3. The van der Waals surface area contributed by atoms with Gasteiger partial charge in [0, 0.05) is 12.3 Å². The molecule has 11 heteroatoms. The van der Waals surface area contributed by atoms with Crippen LogP contribution in [0.25, 0.3) is 11.1 Å². The molecule has 0 aromatic heterocycles. The lowest BCUT2D eigenvalue weighted by Crippen LogP contribution is -2.44. The summed E-state index contributed by atoms with van der Waals surface area (Å²) in [5, 5.41) is 18.7. The van der Waals surface area contributed by atoms with Gasteiger partial charge in [-0.25, -0.2) is 9.59 Å². The second-order valence-corrected chi connectivity index (χ2v) is 15.5. The van der Waals surface area contributed by atoms with Crippen LogP contribution in [0, 0.1) is 5.92 Å². The van der Waals surface area contributed by atoms with Crippen LogP contribution in [0.4, 0.5) is 4.79 Å². The molecule has 0 fully saturated rings. The van der Waals surface area contributed by atoms with Gasteiger partial charge >= 0.3 is 12.1 Å². The van der Waals surface area contributed by atoms with Crippen LogP contribution in [0.3, 0.4) is 0 Å². The predicted molar refractivity (Wildman–Crippen MR) is 243 cm³/mol. The van der Waals surface area contributed by atoms with E-state index in [1.165, 1.54) is 0 Å². The molecule has 0 heterocycles. The highest BCUT2D eigenvalue weighted by Crippen LogP contribution is 2.44. The molecule has 1 aliphatic rings. The maximum atomic E-state index is 13.8. The first kappa shape index (κ1) is 45.5. The molecule has 3 amide bonds. The number of allylic oxidation sites excluding steroid dienone is 2. The Labute approximate surface area is 369 Å². The SMILES string of the molecule is C=CCC[C@H](NC(=O)OCC1c2ccccc2-c2ccccc21)C(=O)OC[C@H](NC(=O)[C@H](CC=C)CC(=O)N[C@H](CO)Cc1ccc(OCc2ccccc2)cc1)c1ccccc1. The third-order valence-electron chi connectivity index (χ3n) is 11.0. The summed E-state index contributed by atoms with van der Waals surface area (Å²) in [5.41, 5.74) is 6.95. The number of benzene rings is 5. The van der Waals surface area contributed by atoms with Gasteiger partial charge in [-0.15, -0.1) is 13.2 Å². The summed E-state index contributed by atoms with van der Waals surface area (Å²) in [7, 11) is 0. The zero-order chi connectivity index (χ0) is 44.4. The van der Waals surface area contributed by atoms with Gasteiger partial charge in [0.25, 0.3) is 0 Å². The fourth-order valence-electron chi connectivity index (χ4n) is 7.68. The van der Waals surface area contributed by atoms with Crippen molar-refractivity contribution in [2.24, 2.45) is 5.92 Å². The lowest BCUT2D eigenvalue weighted by atomic mass is 9.97. The first-order valence-electron chi connectivity index (χ1n) is 21.3. The van der Waals surface area contributed by atoms with Crippen LogP contribution in [-0.2, 0) is 36.9 Å². The first-order chi connectivity index (χ1) is 30.8. The molecule has 0 radical (unpaired) electrons. The van der Waals surface area contributed by atoms with Gasteiger partial charge in [0.05, 0.1) is 24.6 Å². The Morgan fingerprint density at radius 1 is 0.698 bits per heavy atom. The number of alkyl carbamates (subject to hydrolysis) is 1. The van der Waals surface area contributed by atoms with E-state index in [2.05, 4.69) is 41.2 Å². The molecule has 0 saturated carbocycles. The molecule has 4 N–H and O–H groups in total. The maximum Gasteiger partial charge on any atom is 0.407 e. The standard InChI is InChI=1S/C52H55N3O8/c1-3-5-25-47(55-52(60)63-34-46-44-23-14-12-21-42(44)43-22-13-15-24-45(43)46)51(59)62-35-48(38-19-10-7-11-20-38)54-50(58)39(16-4-2)31-49(57)53-40(32-56)30-36-26-28-41(29-27-36)61-33-37-17-8-6-9-18-37/h3-4,6-15,17-24,26-29,39-40,46-48,56H,1-2,5,16,25,30-35H2,(H,53,57)(H,54,58)(H,55,60)/t39-,40+,47+,48+/m1/s1. The van der Waals surface area contributed by atoms with Gasteiger partial charge in [-0.1, -0.05) is 133 Å². The van der Waals surface area contributed by atoms with Crippen LogP contribution in [0.5, 0.6) is 5.75 Å². The molecule has 0 spiro atoms. The number of aliphatic hydroxyl groups is 1. The number of rotatable bonds is 23. The van der Waals surface area contributed by atoms with Crippen molar-refractivity contribution in [3.05, 3.63) is 187 Å². The minimum absolute atomic E-state index is 0.0787. The molecule has 11 nitrogen and oxygen atoms in total. The zero-order valence-corrected chi connectivity index (χ0v) is 35.3. The molecule has 0 aliphatic heterocycles. The quantitative estimate of drug-likeness (QED) is 0.0380. The van der Waals surface area contributed by atoms with E-state index in [0.717, 1.165) is 33.4 Å². The summed E-state index contributed by atoms with van der Waals surface area (Å²) >= 11 is 0. The predicted octanol–water partition coefficient (Wildman–Crippen LogP) is 8.14. The Balaban J connectivity index is 1.03. The molecular formula is C52H55N3O8. The van der Waals surface area contributed by atoms with E-state index in [1.54, 1.807) is 36.4 Å². The molecule has 5 aromatic rings. The van der Waals surface area contributed by atoms with Crippen LogP contribution in [-0.4, -0.2) is 60.9 Å². The van der Waals surface area contributed by atoms with Gasteiger partial charge in [0.2, 0.25) is 11.8 Å². The number of nitrogens with one attached hydrogen (secondary N) is 3. The average Bonchev–Trinajstić information content (AvgIpc) is 3.64. The van der Waals surface area contributed by atoms with Crippen LogP contribution in [0.1, 0.15) is 65.5 Å². The third kappa shape index (κ3) is 13.0. The average molecular weight is 850 g/mol. The maximum absolute atomic E-state index is 13.8. The van der Waals surface area contributed by atoms with E-state index in [1.807, 2.05) is 97.1 Å². The van der Waals surface area contributed by atoms with Crippen molar-refractivity contribution in [1.29, 1.82) is 0 Å². The summed E-state index contributed by atoms with van der Waals surface area (Å²) in [6.07, 6.45) is 3.48. The fraction of sp³-hybridized carbons (Fsp3) is 0.269. The number of amides is 3. The van der Waals surface area contributed by atoms with Gasteiger partial charge in [-0.3, -0.25) is 9.59 Å². The molecule has 0 saturated heterocycles. The fourth-order valence-corrected chi connectivity index (χ4v) is 7.68. The summed E-state index contributed by atoms with van der Waals surface area (Å²) in [5.74, 6) is -1.81. The number of aliphatic hydroxyl groups excluding tert-OH is 1. The number of hydrogen-bond acceptors (Lipinski definition) is 8. The smallest absolute Gasteiger partial charge is 0.407 e. The van der Waals surface area contributed by atoms with Crippen molar-refractivity contribution in [3.8, 4) is 16.9 Å². The molecule has 5 aromatic carbocycles. The van der Waals surface area contributed by atoms with Gasteiger partial charge in [-0.05, 0) is 76.8 Å². The molecule has 1 aliphatic carbocycles. The van der Waals surface area contributed by atoms with Crippen LogP contribution < -0.4 is 20.7 Å². The Bertz CT molecular complexity index is 2250. The van der Waals surface area contributed by atoms with E-state index in [9.17, 15) is 24.3 Å².